The highest BCUT2D eigenvalue weighted by atomic mass is 16.4. The van der Waals surface area contributed by atoms with Gasteiger partial charge in [0.15, 0.2) is 0 Å². The highest BCUT2D eigenvalue weighted by molar-refractivity contribution is 5.75. The number of amides is 2. The lowest BCUT2D eigenvalue weighted by atomic mass is 9.93. The van der Waals surface area contributed by atoms with E-state index >= 15 is 0 Å². The molecule has 3 N–H and O–H groups in total. The number of hydrogen-bond acceptors (Lipinski definition) is 3. The second kappa shape index (κ2) is 7.47. The van der Waals surface area contributed by atoms with Crippen molar-refractivity contribution < 1.29 is 14.7 Å². The van der Waals surface area contributed by atoms with Gasteiger partial charge in [0, 0.05) is 25.0 Å². The third-order valence-electron chi connectivity index (χ3n) is 2.89. The number of carboxylic acid groups (broad SMARTS) is 1. The summed E-state index contributed by atoms with van der Waals surface area (Å²) in [6.45, 7) is 9.24. The molecule has 0 bridgehead atoms. The maximum Gasteiger partial charge on any atom is 0.315 e. The van der Waals surface area contributed by atoms with Crippen LogP contribution in [-0.2, 0) is 4.79 Å². The van der Waals surface area contributed by atoms with Crippen LogP contribution in [-0.4, -0.2) is 54.7 Å². The van der Waals surface area contributed by atoms with Gasteiger partial charge >= 0.3 is 12.0 Å². The van der Waals surface area contributed by atoms with E-state index in [1.807, 2.05) is 27.9 Å². The lowest BCUT2D eigenvalue weighted by molar-refractivity contribution is -0.137. The average Bonchev–Trinajstić information content (AvgIpc) is 2.22. The molecular formula is C14H29N3O3. The van der Waals surface area contributed by atoms with Crippen molar-refractivity contribution in [2.45, 2.75) is 46.1 Å². The second-order valence-corrected chi connectivity index (χ2v) is 6.99. The zero-order chi connectivity index (χ0) is 16.0. The van der Waals surface area contributed by atoms with E-state index in [0.29, 0.717) is 13.0 Å². The monoisotopic (exact) mass is 287 g/mol. The first-order valence-electron chi connectivity index (χ1n) is 6.86. The smallest absolute Gasteiger partial charge is 0.315 e. The van der Waals surface area contributed by atoms with Gasteiger partial charge < -0.3 is 20.6 Å². The summed E-state index contributed by atoms with van der Waals surface area (Å²) in [6.07, 6.45) is 0.441. The molecule has 0 aromatic heterocycles. The molecule has 0 heterocycles. The van der Waals surface area contributed by atoms with Gasteiger partial charge in [0.2, 0.25) is 0 Å². The van der Waals surface area contributed by atoms with E-state index in [2.05, 4.69) is 29.4 Å². The average molecular weight is 287 g/mol. The SMILES string of the molecule is CN(C)CC(C)(C)CNC(=O)NC(C)(C)CCC(=O)O. The van der Waals surface area contributed by atoms with E-state index in [-0.39, 0.29) is 17.9 Å². The van der Waals surface area contributed by atoms with E-state index in [1.165, 1.54) is 0 Å². The Balaban J connectivity index is 4.19. The summed E-state index contributed by atoms with van der Waals surface area (Å²) < 4.78 is 0. The largest absolute Gasteiger partial charge is 0.481 e. The quantitative estimate of drug-likeness (QED) is 0.632. The molecule has 0 saturated carbocycles. The van der Waals surface area contributed by atoms with Gasteiger partial charge in [0.05, 0.1) is 0 Å². The van der Waals surface area contributed by atoms with Gasteiger partial charge in [-0.2, -0.15) is 0 Å². The molecule has 0 aliphatic carbocycles. The Morgan fingerprint density at radius 1 is 1.15 bits per heavy atom. The fourth-order valence-electron chi connectivity index (χ4n) is 2.06. The van der Waals surface area contributed by atoms with Crippen LogP contribution in [0.4, 0.5) is 4.79 Å². The van der Waals surface area contributed by atoms with Gasteiger partial charge in [0.25, 0.3) is 0 Å². The first-order chi connectivity index (χ1) is 8.93. The second-order valence-electron chi connectivity index (χ2n) is 6.99. The molecule has 20 heavy (non-hydrogen) atoms. The van der Waals surface area contributed by atoms with Crippen LogP contribution in [0, 0.1) is 5.41 Å². The maximum absolute atomic E-state index is 11.9. The summed E-state index contributed by atoms with van der Waals surface area (Å²) in [6, 6.07) is -0.257. The molecule has 0 unspecified atom stereocenters. The van der Waals surface area contributed by atoms with Crippen molar-refractivity contribution in [1.29, 1.82) is 0 Å². The molecule has 0 fully saturated rings. The van der Waals surface area contributed by atoms with Crippen LogP contribution in [0.15, 0.2) is 0 Å². The molecule has 0 aromatic carbocycles. The molecule has 0 spiro atoms. The van der Waals surface area contributed by atoms with Gasteiger partial charge in [0.1, 0.15) is 0 Å². The summed E-state index contributed by atoms with van der Waals surface area (Å²) >= 11 is 0. The fraction of sp³-hybridized carbons (Fsp3) is 0.857. The lowest BCUT2D eigenvalue weighted by Crippen LogP contribution is -2.51. The summed E-state index contributed by atoms with van der Waals surface area (Å²) in [7, 11) is 3.99. The minimum atomic E-state index is -0.854. The summed E-state index contributed by atoms with van der Waals surface area (Å²) in [5.41, 5.74) is -0.555. The Morgan fingerprint density at radius 3 is 2.15 bits per heavy atom. The molecular weight excluding hydrogens is 258 g/mol. The van der Waals surface area contributed by atoms with Crippen LogP contribution in [0.2, 0.25) is 0 Å². The van der Waals surface area contributed by atoms with E-state index in [1.54, 1.807) is 0 Å². The van der Waals surface area contributed by atoms with Crippen molar-refractivity contribution in [3.8, 4) is 0 Å². The predicted octanol–water partition coefficient (Wildman–Crippen LogP) is 1.52. The van der Waals surface area contributed by atoms with Crippen LogP contribution < -0.4 is 10.6 Å². The molecule has 6 nitrogen and oxygen atoms in total. The minimum Gasteiger partial charge on any atom is -0.481 e. The molecule has 0 aliphatic heterocycles. The fourth-order valence-corrected chi connectivity index (χ4v) is 2.06. The zero-order valence-corrected chi connectivity index (χ0v) is 13.5. The molecule has 0 aromatic rings. The van der Waals surface area contributed by atoms with Crippen LogP contribution >= 0.6 is 0 Å². The van der Waals surface area contributed by atoms with E-state index < -0.39 is 11.5 Å². The maximum atomic E-state index is 11.9. The number of nitrogens with zero attached hydrogens (tertiary/aromatic N) is 1. The van der Waals surface area contributed by atoms with E-state index in [0.717, 1.165) is 6.54 Å². The zero-order valence-electron chi connectivity index (χ0n) is 13.5. The van der Waals surface area contributed by atoms with Gasteiger partial charge in [-0.15, -0.1) is 0 Å². The van der Waals surface area contributed by atoms with Crippen LogP contribution in [0.5, 0.6) is 0 Å². The normalized spacial score (nSPS) is 12.3. The van der Waals surface area contributed by atoms with E-state index in [4.69, 9.17) is 5.11 Å². The summed E-state index contributed by atoms with van der Waals surface area (Å²) in [5.74, 6) is -0.854. The standard InChI is InChI=1S/C14H29N3O3/c1-13(2,10-17(5)6)9-15-12(20)16-14(3,4)8-7-11(18)19/h7-10H2,1-6H3,(H,18,19)(H2,15,16,20). The Morgan fingerprint density at radius 2 is 1.70 bits per heavy atom. The van der Waals surface area contributed by atoms with Crippen LogP contribution in [0.3, 0.4) is 0 Å². The minimum absolute atomic E-state index is 0.0218. The summed E-state index contributed by atoms with van der Waals surface area (Å²) in [5, 5.41) is 14.3. The molecule has 118 valence electrons. The topological polar surface area (TPSA) is 81.7 Å². The van der Waals surface area contributed by atoms with Crippen molar-refractivity contribution in [3.05, 3.63) is 0 Å². The van der Waals surface area contributed by atoms with Crippen molar-refractivity contribution >= 4 is 12.0 Å². The summed E-state index contributed by atoms with van der Waals surface area (Å²) in [4.78, 5) is 24.5. The predicted molar refractivity (Wildman–Crippen MR) is 79.8 cm³/mol. The van der Waals surface area contributed by atoms with Crippen molar-refractivity contribution in [2.75, 3.05) is 27.2 Å². The van der Waals surface area contributed by atoms with Crippen molar-refractivity contribution in [2.24, 2.45) is 5.41 Å². The lowest BCUT2D eigenvalue weighted by Gasteiger charge is -2.30. The Hall–Kier alpha value is -1.30. The molecule has 0 aliphatic rings. The Bertz CT molecular complexity index is 339. The Kier molecular flexibility index (Phi) is 6.99. The van der Waals surface area contributed by atoms with Crippen LogP contribution in [0.25, 0.3) is 0 Å². The third kappa shape index (κ3) is 9.61. The number of rotatable bonds is 8. The number of carboxylic acids is 1. The molecule has 0 saturated heterocycles. The number of urea groups is 1. The van der Waals surface area contributed by atoms with Crippen molar-refractivity contribution in [3.63, 3.8) is 0 Å². The van der Waals surface area contributed by atoms with Gasteiger partial charge in [-0.3, -0.25) is 4.79 Å². The highest BCUT2D eigenvalue weighted by Crippen LogP contribution is 2.14. The molecule has 0 rings (SSSR count). The van der Waals surface area contributed by atoms with E-state index in [9.17, 15) is 9.59 Å². The first kappa shape index (κ1) is 18.7. The Labute approximate surface area is 121 Å². The molecule has 0 atom stereocenters. The number of nitrogens with one attached hydrogen (secondary N) is 2. The molecule has 2 amide bonds. The number of hydrogen-bond donors (Lipinski definition) is 3. The van der Waals surface area contributed by atoms with Crippen molar-refractivity contribution in [1.82, 2.24) is 15.5 Å². The number of aliphatic carboxylic acids is 1. The number of carbonyl (C=O) groups is 2. The molecule has 6 heteroatoms. The van der Waals surface area contributed by atoms with Crippen LogP contribution in [0.1, 0.15) is 40.5 Å². The molecule has 0 radical (unpaired) electrons. The van der Waals surface area contributed by atoms with Gasteiger partial charge in [-0.05, 0) is 39.8 Å². The first-order valence-corrected chi connectivity index (χ1v) is 6.86. The highest BCUT2D eigenvalue weighted by Gasteiger charge is 2.24. The third-order valence-corrected chi connectivity index (χ3v) is 2.89. The number of carbonyl (C=O) groups excluding carboxylic acids is 1. The van der Waals surface area contributed by atoms with Gasteiger partial charge in [-0.25, -0.2) is 4.79 Å². The van der Waals surface area contributed by atoms with Gasteiger partial charge in [-0.1, -0.05) is 13.8 Å².